The summed E-state index contributed by atoms with van der Waals surface area (Å²) >= 11 is 0. The van der Waals surface area contributed by atoms with Gasteiger partial charge < -0.3 is 9.47 Å². The third-order valence-electron chi connectivity index (χ3n) is 2.72. The Morgan fingerprint density at radius 3 is 1.91 bits per heavy atom. The molecule has 0 amide bonds. The highest BCUT2D eigenvalue weighted by molar-refractivity contribution is 5.92. The summed E-state index contributed by atoms with van der Waals surface area (Å²) in [7, 11) is 0. The monoisotopic (exact) mass is 302 g/mol. The molecule has 2 rings (SSSR count). The van der Waals surface area contributed by atoms with Crippen LogP contribution in [0.3, 0.4) is 0 Å². The highest BCUT2D eigenvalue weighted by Gasteiger charge is 2.11. The number of halogens is 1. The minimum absolute atomic E-state index is 0.205. The molecule has 0 saturated heterocycles. The second-order valence-electron chi connectivity index (χ2n) is 4.87. The molecule has 0 radical (unpaired) electrons. The van der Waals surface area contributed by atoms with E-state index in [0.29, 0.717) is 5.56 Å². The maximum absolute atomic E-state index is 12.8. The highest BCUT2D eigenvalue weighted by atomic mass is 19.1. The van der Waals surface area contributed by atoms with Gasteiger partial charge in [-0.1, -0.05) is 0 Å². The average Bonchev–Trinajstić information content (AvgIpc) is 2.48. The van der Waals surface area contributed by atoms with Gasteiger partial charge in [0, 0.05) is 0 Å². The molecule has 0 bridgehead atoms. The van der Waals surface area contributed by atoms with Crippen molar-refractivity contribution in [2.24, 2.45) is 0 Å². The number of esters is 2. The van der Waals surface area contributed by atoms with Gasteiger partial charge in [-0.05, 0) is 62.4 Å². The van der Waals surface area contributed by atoms with Crippen molar-refractivity contribution >= 4 is 11.9 Å². The second kappa shape index (κ2) is 6.85. The van der Waals surface area contributed by atoms with Gasteiger partial charge in [0.15, 0.2) is 0 Å². The van der Waals surface area contributed by atoms with Gasteiger partial charge in [-0.2, -0.15) is 0 Å². The van der Waals surface area contributed by atoms with E-state index in [-0.39, 0.29) is 17.4 Å². The molecular formula is C17H15FO4. The van der Waals surface area contributed by atoms with Crippen LogP contribution in [0.5, 0.6) is 5.75 Å². The molecule has 0 heterocycles. The Morgan fingerprint density at radius 2 is 1.36 bits per heavy atom. The number of ether oxygens (including phenoxy) is 2. The molecule has 2 aromatic carbocycles. The van der Waals surface area contributed by atoms with Crippen LogP contribution < -0.4 is 4.74 Å². The number of carbonyl (C=O) groups excluding carboxylic acids is 2. The lowest BCUT2D eigenvalue weighted by Crippen LogP contribution is -2.12. The van der Waals surface area contributed by atoms with Gasteiger partial charge in [0.1, 0.15) is 11.6 Å². The molecule has 0 spiro atoms. The fraction of sp³-hybridized carbons (Fsp3) is 0.176. The number of hydrogen-bond acceptors (Lipinski definition) is 4. The Balaban J connectivity index is 2.03. The lowest BCUT2D eigenvalue weighted by molar-refractivity contribution is 0.0378. The van der Waals surface area contributed by atoms with E-state index >= 15 is 0 Å². The Bertz CT molecular complexity index is 660. The molecule has 0 aliphatic carbocycles. The van der Waals surface area contributed by atoms with Gasteiger partial charge in [-0.3, -0.25) is 0 Å². The summed E-state index contributed by atoms with van der Waals surface area (Å²) in [5, 5.41) is 0. The molecule has 0 N–H and O–H groups in total. The Kier molecular flexibility index (Phi) is 4.88. The van der Waals surface area contributed by atoms with E-state index < -0.39 is 17.8 Å². The summed E-state index contributed by atoms with van der Waals surface area (Å²) in [4.78, 5) is 23.5. The van der Waals surface area contributed by atoms with Crippen molar-refractivity contribution in [3.8, 4) is 5.75 Å². The summed E-state index contributed by atoms with van der Waals surface area (Å²) in [5.74, 6) is -1.18. The van der Waals surface area contributed by atoms with Gasteiger partial charge in [-0.15, -0.1) is 0 Å². The topological polar surface area (TPSA) is 52.6 Å². The highest BCUT2D eigenvalue weighted by Crippen LogP contribution is 2.15. The molecule has 0 saturated carbocycles. The van der Waals surface area contributed by atoms with Crippen LogP contribution in [0.1, 0.15) is 34.6 Å². The molecule has 22 heavy (non-hydrogen) atoms. The standard InChI is InChI=1S/C17H15FO4/c1-11(2)21-16(19)13-5-9-15(10-6-13)22-17(20)12-3-7-14(18)8-4-12/h3-11H,1-2H3. The predicted octanol–water partition coefficient (Wildman–Crippen LogP) is 3.61. The quantitative estimate of drug-likeness (QED) is 0.639. The zero-order chi connectivity index (χ0) is 16.1. The van der Waals surface area contributed by atoms with Crippen molar-refractivity contribution in [1.82, 2.24) is 0 Å². The molecule has 0 atom stereocenters. The number of benzene rings is 2. The van der Waals surface area contributed by atoms with Crippen LogP contribution in [-0.2, 0) is 4.74 Å². The molecule has 4 nitrogen and oxygen atoms in total. The van der Waals surface area contributed by atoms with Crippen molar-refractivity contribution in [3.63, 3.8) is 0 Å². The van der Waals surface area contributed by atoms with Gasteiger partial charge in [0.25, 0.3) is 0 Å². The first-order valence-electron chi connectivity index (χ1n) is 6.74. The van der Waals surface area contributed by atoms with Crippen molar-refractivity contribution in [2.75, 3.05) is 0 Å². The molecule has 0 aromatic heterocycles. The molecular weight excluding hydrogens is 287 g/mol. The number of carbonyl (C=O) groups is 2. The predicted molar refractivity (Wildman–Crippen MR) is 78.4 cm³/mol. The first kappa shape index (κ1) is 15.7. The average molecular weight is 302 g/mol. The summed E-state index contributed by atoms with van der Waals surface area (Å²) in [5.41, 5.74) is 0.611. The fourth-order valence-electron chi connectivity index (χ4n) is 1.69. The van der Waals surface area contributed by atoms with E-state index in [4.69, 9.17) is 9.47 Å². The van der Waals surface area contributed by atoms with Crippen LogP contribution >= 0.6 is 0 Å². The van der Waals surface area contributed by atoms with Crippen LogP contribution in [0.15, 0.2) is 48.5 Å². The Morgan fingerprint density at radius 1 is 0.864 bits per heavy atom. The lowest BCUT2D eigenvalue weighted by Gasteiger charge is -2.08. The minimum Gasteiger partial charge on any atom is -0.459 e. The van der Waals surface area contributed by atoms with Crippen molar-refractivity contribution in [1.29, 1.82) is 0 Å². The molecule has 0 aliphatic heterocycles. The first-order chi connectivity index (χ1) is 10.5. The van der Waals surface area contributed by atoms with E-state index in [1.54, 1.807) is 13.8 Å². The zero-order valence-electron chi connectivity index (χ0n) is 12.2. The van der Waals surface area contributed by atoms with Crippen LogP contribution in [0, 0.1) is 5.82 Å². The molecule has 2 aromatic rings. The van der Waals surface area contributed by atoms with Crippen LogP contribution in [0.4, 0.5) is 4.39 Å². The third-order valence-corrected chi connectivity index (χ3v) is 2.72. The third kappa shape index (κ3) is 4.15. The number of rotatable bonds is 4. The van der Waals surface area contributed by atoms with Crippen LogP contribution in [-0.4, -0.2) is 18.0 Å². The molecule has 0 unspecified atom stereocenters. The Labute approximate surface area is 127 Å². The smallest absolute Gasteiger partial charge is 0.343 e. The van der Waals surface area contributed by atoms with E-state index in [1.165, 1.54) is 48.5 Å². The Hall–Kier alpha value is -2.69. The molecule has 0 fully saturated rings. The van der Waals surface area contributed by atoms with E-state index in [1.807, 2.05) is 0 Å². The van der Waals surface area contributed by atoms with Crippen LogP contribution in [0.2, 0.25) is 0 Å². The summed E-state index contributed by atoms with van der Waals surface area (Å²) in [6, 6.07) is 11.1. The molecule has 114 valence electrons. The maximum atomic E-state index is 12.8. The first-order valence-corrected chi connectivity index (χ1v) is 6.74. The summed E-state index contributed by atoms with van der Waals surface area (Å²) in [6.07, 6.45) is -0.205. The lowest BCUT2D eigenvalue weighted by atomic mass is 10.2. The van der Waals surface area contributed by atoms with Crippen LogP contribution in [0.25, 0.3) is 0 Å². The van der Waals surface area contributed by atoms with Gasteiger partial charge in [-0.25, -0.2) is 14.0 Å². The summed E-state index contributed by atoms with van der Waals surface area (Å²) < 4.78 is 23.0. The second-order valence-corrected chi connectivity index (χ2v) is 4.87. The van der Waals surface area contributed by atoms with E-state index in [0.717, 1.165) is 0 Å². The molecule has 5 heteroatoms. The SMILES string of the molecule is CC(C)OC(=O)c1ccc(OC(=O)c2ccc(F)cc2)cc1. The summed E-state index contributed by atoms with van der Waals surface area (Å²) in [6.45, 7) is 3.52. The fourth-order valence-corrected chi connectivity index (χ4v) is 1.69. The molecule has 0 aliphatic rings. The normalized spacial score (nSPS) is 10.4. The van der Waals surface area contributed by atoms with Crippen molar-refractivity contribution < 1.29 is 23.5 Å². The van der Waals surface area contributed by atoms with Gasteiger partial charge in [0.05, 0.1) is 17.2 Å². The maximum Gasteiger partial charge on any atom is 0.343 e. The van der Waals surface area contributed by atoms with Gasteiger partial charge in [0.2, 0.25) is 0 Å². The van der Waals surface area contributed by atoms with E-state index in [9.17, 15) is 14.0 Å². The van der Waals surface area contributed by atoms with E-state index in [2.05, 4.69) is 0 Å². The van der Waals surface area contributed by atoms with Crippen molar-refractivity contribution in [2.45, 2.75) is 20.0 Å². The van der Waals surface area contributed by atoms with Gasteiger partial charge >= 0.3 is 11.9 Å². The van der Waals surface area contributed by atoms with Crippen molar-refractivity contribution in [3.05, 3.63) is 65.5 Å². The minimum atomic E-state index is -0.600. The number of hydrogen-bond donors (Lipinski definition) is 0. The largest absolute Gasteiger partial charge is 0.459 e. The zero-order valence-corrected chi connectivity index (χ0v) is 12.2.